The van der Waals surface area contributed by atoms with Crippen molar-refractivity contribution in [2.24, 2.45) is 0 Å². The van der Waals surface area contributed by atoms with E-state index in [9.17, 15) is 4.79 Å². The number of carbonyl (C=O) groups excluding carboxylic acids is 1. The van der Waals surface area contributed by atoms with Gasteiger partial charge in [-0.2, -0.15) is 0 Å². The fourth-order valence-electron chi connectivity index (χ4n) is 3.36. The Morgan fingerprint density at radius 1 is 1.32 bits per heavy atom. The molecule has 4 rings (SSSR count). The van der Waals surface area contributed by atoms with E-state index in [0.29, 0.717) is 17.7 Å². The number of ether oxygens (including phenoxy) is 1. The molecule has 0 aromatic carbocycles. The molecule has 0 atom stereocenters. The highest BCUT2D eigenvalue weighted by atomic mass is 16.5. The van der Waals surface area contributed by atoms with E-state index >= 15 is 0 Å². The number of fused-ring (bicyclic) bond motifs is 1. The Balaban J connectivity index is 1.56. The second-order valence-electron chi connectivity index (χ2n) is 6.02. The topological polar surface area (TPSA) is 42.4 Å². The minimum Gasteiger partial charge on any atom is -0.484 e. The van der Waals surface area contributed by atoms with E-state index in [2.05, 4.69) is 9.88 Å². The van der Waals surface area contributed by atoms with E-state index < -0.39 is 0 Å². The van der Waals surface area contributed by atoms with Gasteiger partial charge in [0.2, 0.25) is 0 Å². The summed E-state index contributed by atoms with van der Waals surface area (Å²) in [5.41, 5.74) is 0.434. The van der Waals surface area contributed by atoms with E-state index in [-0.39, 0.29) is 11.4 Å². The summed E-state index contributed by atoms with van der Waals surface area (Å²) in [6, 6.07) is 2.58. The number of hydrogen-bond acceptors (Lipinski definition) is 4. The number of ketones is 1. The van der Waals surface area contributed by atoms with Crippen molar-refractivity contribution < 1.29 is 9.53 Å². The Kier molecular flexibility index (Phi) is 2.42. The smallest absolute Gasteiger partial charge is 0.170 e. The fraction of sp³-hybridized carbons (Fsp3) is 0.600. The van der Waals surface area contributed by atoms with Gasteiger partial charge in [0.25, 0.3) is 0 Å². The molecule has 1 aliphatic carbocycles. The first-order valence-corrected chi connectivity index (χ1v) is 7.16. The second kappa shape index (κ2) is 4.04. The molecule has 0 bridgehead atoms. The molecule has 0 N–H and O–H groups in total. The van der Waals surface area contributed by atoms with Gasteiger partial charge < -0.3 is 9.64 Å². The molecule has 4 nitrogen and oxygen atoms in total. The first-order chi connectivity index (χ1) is 9.26. The number of likely N-dealkylation sites (tertiary alicyclic amines) is 1. The van der Waals surface area contributed by atoms with Crippen LogP contribution in [0.2, 0.25) is 0 Å². The number of pyridine rings is 1. The molecule has 1 saturated carbocycles. The van der Waals surface area contributed by atoms with Gasteiger partial charge in [-0.05, 0) is 18.9 Å². The average Bonchev–Trinajstić information content (AvgIpc) is 3.24. The first-order valence-electron chi connectivity index (χ1n) is 7.16. The van der Waals surface area contributed by atoms with Crippen LogP contribution in [0.15, 0.2) is 18.5 Å². The van der Waals surface area contributed by atoms with E-state index in [0.717, 1.165) is 32.0 Å². The maximum absolute atomic E-state index is 12.3. The summed E-state index contributed by atoms with van der Waals surface area (Å²) < 4.78 is 6.17. The summed E-state index contributed by atoms with van der Waals surface area (Å²) in [5.74, 6) is 0.891. The van der Waals surface area contributed by atoms with Crippen molar-refractivity contribution in [1.29, 1.82) is 0 Å². The van der Waals surface area contributed by atoms with Crippen LogP contribution in [0.3, 0.4) is 0 Å². The molecule has 1 spiro atoms. The lowest BCUT2D eigenvalue weighted by Crippen LogP contribution is -2.51. The molecule has 2 aliphatic heterocycles. The van der Waals surface area contributed by atoms with Crippen molar-refractivity contribution in [1.82, 2.24) is 9.88 Å². The van der Waals surface area contributed by atoms with Crippen molar-refractivity contribution >= 4 is 5.78 Å². The van der Waals surface area contributed by atoms with Gasteiger partial charge in [-0.1, -0.05) is 0 Å². The van der Waals surface area contributed by atoms with Crippen molar-refractivity contribution in [3.8, 4) is 5.75 Å². The maximum atomic E-state index is 12.3. The largest absolute Gasteiger partial charge is 0.484 e. The van der Waals surface area contributed by atoms with Crippen LogP contribution in [0.4, 0.5) is 0 Å². The third kappa shape index (κ3) is 1.94. The second-order valence-corrected chi connectivity index (χ2v) is 6.02. The van der Waals surface area contributed by atoms with Crippen molar-refractivity contribution in [3.05, 3.63) is 24.0 Å². The fourth-order valence-corrected chi connectivity index (χ4v) is 3.36. The molecule has 3 aliphatic rings. The standard InChI is InChI=1S/C15H18N2O2/c18-13-9-15(19-14-10-16-6-3-12(13)14)4-7-17(8-5-15)11-1-2-11/h3,6,10-11H,1-2,4-5,7-9H2. The summed E-state index contributed by atoms with van der Waals surface area (Å²) in [5, 5.41) is 0. The highest BCUT2D eigenvalue weighted by Gasteiger charge is 2.44. The molecule has 100 valence electrons. The van der Waals surface area contributed by atoms with Crippen LogP contribution in [0.5, 0.6) is 5.75 Å². The molecule has 0 amide bonds. The van der Waals surface area contributed by atoms with Crippen LogP contribution in [0.1, 0.15) is 42.5 Å². The number of piperidine rings is 1. The number of carbonyl (C=O) groups is 1. The lowest BCUT2D eigenvalue weighted by Gasteiger charge is -2.43. The van der Waals surface area contributed by atoms with Crippen LogP contribution < -0.4 is 4.74 Å². The Morgan fingerprint density at radius 3 is 2.84 bits per heavy atom. The van der Waals surface area contributed by atoms with Crippen LogP contribution in [0, 0.1) is 0 Å². The third-order valence-electron chi connectivity index (χ3n) is 4.67. The van der Waals surface area contributed by atoms with E-state index in [4.69, 9.17) is 4.74 Å². The zero-order valence-electron chi connectivity index (χ0n) is 11.0. The molecule has 0 radical (unpaired) electrons. The van der Waals surface area contributed by atoms with Crippen LogP contribution in [0.25, 0.3) is 0 Å². The summed E-state index contributed by atoms with van der Waals surface area (Å²) in [7, 11) is 0. The number of hydrogen-bond donors (Lipinski definition) is 0. The predicted octanol–water partition coefficient (Wildman–Crippen LogP) is 2.04. The molecule has 2 fully saturated rings. The molecular formula is C15H18N2O2. The minimum atomic E-state index is -0.265. The highest BCUT2D eigenvalue weighted by Crippen LogP contribution is 2.40. The van der Waals surface area contributed by atoms with E-state index in [1.165, 1.54) is 12.8 Å². The molecular weight excluding hydrogens is 240 g/mol. The lowest BCUT2D eigenvalue weighted by molar-refractivity contribution is -0.0110. The van der Waals surface area contributed by atoms with Gasteiger partial charge in [0, 0.05) is 38.2 Å². The van der Waals surface area contributed by atoms with Crippen molar-refractivity contribution in [3.63, 3.8) is 0 Å². The van der Waals surface area contributed by atoms with Gasteiger partial charge in [0.1, 0.15) is 11.4 Å². The molecule has 4 heteroatoms. The van der Waals surface area contributed by atoms with Crippen molar-refractivity contribution in [2.75, 3.05) is 13.1 Å². The summed E-state index contributed by atoms with van der Waals surface area (Å²) in [6.45, 7) is 2.13. The average molecular weight is 258 g/mol. The number of Topliss-reactive ketones (excluding diaryl/α,β-unsaturated/α-hetero) is 1. The Labute approximate surface area is 112 Å². The molecule has 0 unspecified atom stereocenters. The Morgan fingerprint density at radius 2 is 2.11 bits per heavy atom. The van der Waals surface area contributed by atoms with Crippen LogP contribution in [-0.2, 0) is 0 Å². The van der Waals surface area contributed by atoms with Gasteiger partial charge in [0.05, 0.1) is 18.2 Å². The number of nitrogens with zero attached hydrogens (tertiary/aromatic N) is 2. The monoisotopic (exact) mass is 258 g/mol. The summed E-state index contributed by atoms with van der Waals surface area (Å²) in [6.07, 6.45) is 8.49. The normalized spacial score (nSPS) is 26.0. The van der Waals surface area contributed by atoms with Gasteiger partial charge in [0.15, 0.2) is 5.78 Å². The minimum absolute atomic E-state index is 0.212. The molecule has 19 heavy (non-hydrogen) atoms. The summed E-state index contributed by atoms with van der Waals surface area (Å²) >= 11 is 0. The highest BCUT2D eigenvalue weighted by molar-refractivity contribution is 6.00. The van der Waals surface area contributed by atoms with Crippen LogP contribution in [-0.4, -0.2) is 40.4 Å². The van der Waals surface area contributed by atoms with Crippen molar-refractivity contribution in [2.45, 2.75) is 43.7 Å². The quantitative estimate of drug-likeness (QED) is 0.773. The van der Waals surface area contributed by atoms with Gasteiger partial charge in [-0.15, -0.1) is 0 Å². The van der Waals surface area contributed by atoms with Crippen LogP contribution >= 0.6 is 0 Å². The molecule has 3 heterocycles. The van der Waals surface area contributed by atoms with E-state index in [1.807, 2.05) is 0 Å². The summed E-state index contributed by atoms with van der Waals surface area (Å²) in [4.78, 5) is 18.9. The van der Waals surface area contributed by atoms with Gasteiger partial charge in [-0.3, -0.25) is 9.78 Å². The maximum Gasteiger partial charge on any atom is 0.170 e. The Bertz CT molecular complexity index is 517. The first kappa shape index (κ1) is 11.4. The zero-order valence-corrected chi connectivity index (χ0v) is 11.0. The van der Waals surface area contributed by atoms with E-state index in [1.54, 1.807) is 18.5 Å². The number of rotatable bonds is 1. The molecule has 1 aromatic rings. The molecule has 1 aromatic heterocycles. The molecule has 1 saturated heterocycles. The Hall–Kier alpha value is -1.42. The van der Waals surface area contributed by atoms with Gasteiger partial charge >= 0.3 is 0 Å². The predicted molar refractivity (Wildman–Crippen MR) is 70.4 cm³/mol. The zero-order chi connectivity index (χ0) is 12.9. The third-order valence-corrected chi connectivity index (χ3v) is 4.67. The lowest BCUT2D eigenvalue weighted by atomic mass is 9.82. The SMILES string of the molecule is O=C1CC2(CCN(C3CC3)CC2)Oc2cnccc21. The number of aromatic nitrogens is 1. The van der Waals surface area contributed by atoms with Gasteiger partial charge in [-0.25, -0.2) is 0 Å².